The van der Waals surface area contributed by atoms with Crippen LogP contribution in [-0.4, -0.2) is 67.4 Å². The first-order valence-electron chi connectivity index (χ1n) is 11.0. The van der Waals surface area contributed by atoms with E-state index in [1.165, 1.54) is 5.56 Å². The fourth-order valence-corrected chi connectivity index (χ4v) is 3.64. The van der Waals surface area contributed by atoms with Crippen LogP contribution in [0.15, 0.2) is 54.6 Å². The van der Waals surface area contributed by atoms with Crippen molar-refractivity contribution >= 4 is 11.7 Å². The lowest BCUT2D eigenvalue weighted by Crippen LogP contribution is -2.48. The molecule has 1 aliphatic heterocycles. The number of piperazine rings is 1. The van der Waals surface area contributed by atoms with Crippen molar-refractivity contribution in [2.24, 2.45) is 0 Å². The second kappa shape index (κ2) is 12.2. The summed E-state index contributed by atoms with van der Waals surface area (Å²) in [7, 11) is 0. The number of benzene rings is 2. The molecule has 31 heavy (non-hydrogen) atoms. The van der Waals surface area contributed by atoms with Gasteiger partial charge >= 0.3 is 0 Å². The van der Waals surface area contributed by atoms with E-state index >= 15 is 0 Å². The van der Waals surface area contributed by atoms with E-state index in [1.807, 2.05) is 24.3 Å². The van der Waals surface area contributed by atoms with Crippen LogP contribution in [0, 0.1) is 0 Å². The lowest BCUT2D eigenvalue weighted by molar-refractivity contribution is -0.123. The highest BCUT2D eigenvalue weighted by Gasteiger charge is 2.16. The third kappa shape index (κ3) is 8.52. The van der Waals surface area contributed by atoms with Gasteiger partial charge in [-0.3, -0.25) is 14.6 Å². The van der Waals surface area contributed by atoms with Gasteiger partial charge in [-0.2, -0.15) is 0 Å². The maximum Gasteiger partial charge on any atom is 0.257 e. The highest BCUT2D eigenvalue weighted by Crippen LogP contribution is 2.13. The number of ether oxygens (including phenoxy) is 1. The molecule has 6 heteroatoms. The molecule has 1 N–H and O–H groups in total. The first-order valence-corrected chi connectivity index (χ1v) is 11.0. The number of nitrogens with one attached hydrogen (secondary N) is 1. The van der Waals surface area contributed by atoms with E-state index < -0.39 is 0 Å². The number of carbonyl (C=O) groups excluding carboxylic acids is 2. The molecule has 0 aromatic heterocycles. The van der Waals surface area contributed by atoms with Crippen molar-refractivity contribution < 1.29 is 14.3 Å². The predicted molar refractivity (Wildman–Crippen MR) is 122 cm³/mol. The van der Waals surface area contributed by atoms with Crippen LogP contribution in [-0.2, 0) is 22.6 Å². The summed E-state index contributed by atoms with van der Waals surface area (Å²) in [6, 6.07) is 18.1. The molecule has 0 atom stereocenters. The minimum atomic E-state index is -0.108. The molecule has 6 nitrogen and oxygen atoms in total. The number of carbonyl (C=O) groups is 2. The SMILES string of the molecule is CC(=O)CCc1ccc(OCC(=O)NCCN2CCN(Cc3ccccc3)CC2)cc1. The molecule has 0 aliphatic carbocycles. The summed E-state index contributed by atoms with van der Waals surface area (Å²) < 4.78 is 5.56. The minimum Gasteiger partial charge on any atom is -0.484 e. The summed E-state index contributed by atoms with van der Waals surface area (Å²) in [5.74, 6) is 0.741. The van der Waals surface area contributed by atoms with Gasteiger partial charge in [-0.15, -0.1) is 0 Å². The number of rotatable bonds is 11. The molecular weight excluding hydrogens is 390 g/mol. The summed E-state index contributed by atoms with van der Waals surface area (Å²) in [4.78, 5) is 28.0. The molecule has 3 rings (SSSR count). The largest absolute Gasteiger partial charge is 0.484 e. The molecule has 166 valence electrons. The van der Waals surface area contributed by atoms with Crippen LogP contribution >= 0.6 is 0 Å². The molecule has 0 saturated carbocycles. The highest BCUT2D eigenvalue weighted by atomic mass is 16.5. The van der Waals surface area contributed by atoms with Crippen molar-refractivity contribution in [2.45, 2.75) is 26.3 Å². The van der Waals surface area contributed by atoms with Crippen molar-refractivity contribution in [3.05, 3.63) is 65.7 Å². The van der Waals surface area contributed by atoms with E-state index in [9.17, 15) is 9.59 Å². The zero-order valence-corrected chi connectivity index (χ0v) is 18.4. The fraction of sp³-hybridized carbons (Fsp3) is 0.440. The molecular formula is C25H33N3O3. The number of nitrogens with zero attached hydrogens (tertiary/aromatic N) is 2. The number of amides is 1. The third-order valence-corrected chi connectivity index (χ3v) is 5.52. The summed E-state index contributed by atoms with van der Waals surface area (Å²) in [6.07, 6.45) is 1.28. The number of Topliss-reactive ketones (excluding diaryl/α,β-unsaturated/α-hetero) is 1. The van der Waals surface area contributed by atoms with E-state index in [0.29, 0.717) is 18.7 Å². The van der Waals surface area contributed by atoms with Crippen LogP contribution in [0.1, 0.15) is 24.5 Å². The average molecular weight is 424 g/mol. The van der Waals surface area contributed by atoms with Crippen molar-refractivity contribution in [3.63, 3.8) is 0 Å². The Labute approximate surface area is 185 Å². The van der Waals surface area contributed by atoms with Gasteiger partial charge in [0.25, 0.3) is 5.91 Å². The minimum absolute atomic E-state index is 0.0116. The molecule has 0 radical (unpaired) electrons. The summed E-state index contributed by atoms with van der Waals surface area (Å²) in [5, 5.41) is 2.94. The molecule has 0 unspecified atom stereocenters. The molecule has 2 aromatic carbocycles. The van der Waals surface area contributed by atoms with Gasteiger partial charge in [0.1, 0.15) is 11.5 Å². The molecule has 1 fully saturated rings. The van der Waals surface area contributed by atoms with E-state index in [1.54, 1.807) is 6.92 Å². The van der Waals surface area contributed by atoms with Crippen LogP contribution in [0.25, 0.3) is 0 Å². The van der Waals surface area contributed by atoms with Crippen LogP contribution in [0.5, 0.6) is 5.75 Å². The van der Waals surface area contributed by atoms with Crippen LogP contribution in [0.2, 0.25) is 0 Å². The quantitative estimate of drug-likeness (QED) is 0.602. The molecule has 1 aliphatic rings. The van der Waals surface area contributed by atoms with Crippen LogP contribution in [0.3, 0.4) is 0 Å². The van der Waals surface area contributed by atoms with Gasteiger partial charge in [-0.05, 0) is 36.6 Å². The number of ketones is 1. The smallest absolute Gasteiger partial charge is 0.257 e. The van der Waals surface area contributed by atoms with Gasteiger partial charge in [-0.1, -0.05) is 42.5 Å². The van der Waals surface area contributed by atoms with Crippen LogP contribution < -0.4 is 10.1 Å². The second-order valence-corrected chi connectivity index (χ2v) is 8.09. The predicted octanol–water partition coefficient (Wildman–Crippen LogP) is 2.52. The fourth-order valence-electron chi connectivity index (χ4n) is 3.64. The van der Waals surface area contributed by atoms with E-state index in [2.05, 4.69) is 45.4 Å². The monoisotopic (exact) mass is 423 g/mol. The Kier molecular flexibility index (Phi) is 9.06. The normalized spacial score (nSPS) is 14.9. The van der Waals surface area contributed by atoms with E-state index in [0.717, 1.165) is 51.3 Å². The first-order chi connectivity index (χ1) is 15.1. The molecule has 0 bridgehead atoms. The Balaban J connectivity index is 1.26. The zero-order valence-electron chi connectivity index (χ0n) is 18.4. The Hall–Kier alpha value is -2.70. The van der Waals surface area contributed by atoms with Gasteiger partial charge < -0.3 is 14.8 Å². The Morgan fingerprint density at radius 1 is 0.903 bits per heavy atom. The lowest BCUT2D eigenvalue weighted by atomic mass is 10.1. The van der Waals surface area contributed by atoms with Crippen molar-refractivity contribution in [1.29, 1.82) is 0 Å². The first kappa shape index (κ1) is 23.0. The van der Waals surface area contributed by atoms with Gasteiger partial charge in [0, 0.05) is 52.2 Å². The molecule has 1 heterocycles. The van der Waals surface area contributed by atoms with Gasteiger partial charge in [0.2, 0.25) is 0 Å². The van der Waals surface area contributed by atoms with Gasteiger partial charge in [-0.25, -0.2) is 0 Å². The van der Waals surface area contributed by atoms with Crippen molar-refractivity contribution in [3.8, 4) is 5.75 Å². The topological polar surface area (TPSA) is 61.9 Å². The van der Waals surface area contributed by atoms with E-state index in [4.69, 9.17) is 4.74 Å². The molecule has 0 spiro atoms. The Morgan fingerprint density at radius 3 is 2.26 bits per heavy atom. The van der Waals surface area contributed by atoms with Gasteiger partial charge in [0.15, 0.2) is 6.61 Å². The molecule has 1 saturated heterocycles. The summed E-state index contributed by atoms with van der Waals surface area (Å²) >= 11 is 0. The number of aryl methyl sites for hydroxylation is 1. The Morgan fingerprint density at radius 2 is 1.58 bits per heavy atom. The summed E-state index contributed by atoms with van der Waals surface area (Å²) in [5.41, 5.74) is 2.45. The zero-order chi connectivity index (χ0) is 21.9. The highest BCUT2D eigenvalue weighted by molar-refractivity contribution is 5.77. The van der Waals surface area contributed by atoms with Crippen molar-refractivity contribution in [1.82, 2.24) is 15.1 Å². The van der Waals surface area contributed by atoms with Gasteiger partial charge in [0.05, 0.1) is 0 Å². The van der Waals surface area contributed by atoms with E-state index in [-0.39, 0.29) is 18.3 Å². The number of hydrogen-bond donors (Lipinski definition) is 1. The van der Waals surface area contributed by atoms with Crippen molar-refractivity contribution in [2.75, 3.05) is 45.9 Å². The molecule has 2 aromatic rings. The number of hydrogen-bond acceptors (Lipinski definition) is 5. The van der Waals surface area contributed by atoms with Crippen LogP contribution in [0.4, 0.5) is 0 Å². The second-order valence-electron chi connectivity index (χ2n) is 8.09. The maximum absolute atomic E-state index is 12.1. The average Bonchev–Trinajstić information content (AvgIpc) is 2.79. The molecule has 1 amide bonds. The standard InChI is InChI=1S/C25H33N3O3/c1-21(29)7-8-22-9-11-24(12-10-22)31-20-25(30)26-13-14-27-15-17-28(18-16-27)19-23-5-3-2-4-6-23/h2-6,9-12H,7-8,13-20H2,1H3,(H,26,30). The lowest BCUT2D eigenvalue weighted by Gasteiger charge is -2.34. The third-order valence-electron chi connectivity index (χ3n) is 5.52. The Bertz CT molecular complexity index is 816. The maximum atomic E-state index is 12.1. The summed E-state index contributed by atoms with van der Waals surface area (Å²) in [6.45, 7) is 8.24.